The first kappa shape index (κ1) is 13.8. The molecule has 0 aliphatic rings. The molecule has 0 heterocycles. The van der Waals surface area contributed by atoms with E-state index in [1.54, 1.807) is 25.3 Å². The molecule has 4 heteroatoms. The Kier molecular flexibility index (Phi) is 3.81. The number of hydrogen-bond donors (Lipinski definition) is 1. The van der Waals surface area contributed by atoms with Crippen molar-refractivity contribution in [3.8, 4) is 23.3 Å². The minimum absolute atomic E-state index is 0.458. The number of nitriles is 1. The predicted octanol–water partition coefficient (Wildman–Crippen LogP) is 3.56. The molecule has 0 atom stereocenters. The van der Waals surface area contributed by atoms with Crippen LogP contribution < -0.4 is 15.2 Å². The SMILES string of the molecule is COc1ccc(C#N)c(Oc2cc(C)c(N)cc2C)c1. The average Bonchev–Trinajstić information content (AvgIpc) is 2.44. The van der Waals surface area contributed by atoms with Gasteiger partial charge in [-0.15, -0.1) is 0 Å². The summed E-state index contributed by atoms with van der Waals surface area (Å²) in [5.41, 5.74) is 8.89. The van der Waals surface area contributed by atoms with Crippen LogP contribution in [0, 0.1) is 25.2 Å². The third kappa shape index (κ3) is 2.67. The number of benzene rings is 2. The summed E-state index contributed by atoms with van der Waals surface area (Å²) in [6.07, 6.45) is 0. The average molecular weight is 268 g/mol. The molecular weight excluding hydrogens is 252 g/mol. The van der Waals surface area contributed by atoms with Crippen LogP contribution in [0.15, 0.2) is 30.3 Å². The van der Waals surface area contributed by atoms with E-state index in [0.717, 1.165) is 16.8 Å². The van der Waals surface area contributed by atoms with Crippen LogP contribution in [0.2, 0.25) is 0 Å². The number of methoxy groups -OCH3 is 1. The van der Waals surface area contributed by atoms with Gasteiger partial charge in [0.05, 0.1) is 12.7 Å². The molecule has 4 nitrogen and oxygen atoms in total. The molecule has 0 aliphatic heterocycles. The monoisotopic (exact) mass is 268 g/mol. The number of aryl methyl sites for hydroxylation is 2. The molecule has 102 valence electrons. The van der Waals surface area contributed by atoms with Gasteiger partial charge in [-0.25, -0.2) is 0 Å². The largest absolute Gasteiger partial charge is 0.497 e. The van der Waals surface area contributed by atoms with Gasteiger partial charge < -0.3 is 15.2 Å². The second-order valence-corrected chi connectivity index (χ2v) is 4.55. The van der Waals surface area contributed by atoms with Crippen LogP contribution in [-0.2, 0) is 0 Å². The molecule has 0 saturated carbocycles. The van der Waals surface area contributed by atoms with Crippen molar-refractivity contribution in [3.05, 3.63) is 47.0 Å². The van der Waals surface area contributed by atoms with Crippen molar-refractivity contribution in [3.63, 3.8) is 0 Å². The molecule has 0 amide bonds. The van der Waals surface area contributed by atoms with E-state index < -0.39 is 0 Å². The molecular formula is C16H16N2O2. The van der Waals surface area contributed by atoms with Crippen LogP contribution in [0.3, 0.4) is 0 Å². The first-order valence-electron chi connectivity index (χ1n) is 6.18. The van der Waals surface area contributed by atoms with Crippen molar-refractivity contribution in [1.29, 1.82) is 5.26 Å². The highest BCUT2D eigenvalue weighted by Crippen LogP contribution is 2.32. The Hall–Kier alpha value is -2.67. The molecule has 2 rings (SSSR count). The van der Waals surface area contributed by atoms with Gasteiger partial charge in [0.25, 0.3) is 0 Å². The van der Waals surface area contributed by atoms with Gasteiger partial charge in [-0.05, 0) is 49.2 Å². The Morgan fingerprint density at radius 2 is 1.80 bits per heavy atom. The molecule has 0 bridgehead atoms. The smallest absolute Gasteiger partial charge is 0.148 e. The summed E-state index contributed by atoms with van der Waals surface area (Å²) >= 11 is 0. The van der Waals surface area contributed by atoms with E-state index in [0.29, 0.717) is 22.8 Å². The molecule has 2 N–H and O–H groups in total. The third-order valence-corrected chi connectivity index (χ3v) is 3.09. The van der Waals surface area contributed by atoms with Gasteiger partial charge in [-0.1, -0.05) is 0 Å². The molecule has 20 heavy (non-hydrogen) atoms. The zero-order valence-corrected chi connectivity index (χ0v) is 11.7. The van der Waals surface area contributed by atoms with Gasteiger partial charge >= 0.3 is 0 Å². The lowest BCUT2D eigenvalue weighted by Gasteiger charge is -2.13. The Morgan fingerprint density at radius 3 is 2.45 bits per heavy atom. The molecule has 2 aromatic carbocycles. The van der Waals surface area contributed by atoms with Crippen LogP contribution in [-0.4, -0.2) is 7.11 Å². The van der Waals surface area contributed by atoms with Crippen molar-refractivity contribution in [1.82, 2.24) is 0 Å². The van der Waals surface area contributed by atoms with E-state index in [4.69, 9.17) is 20.5 Å². The third-order valence-electron chi connectivity index (χ3n) is 3.09. The molecule has 0 aromatic heterocycles. The van der Waals surface area contributed by atoms with E-state index >= 15 is 0 Å². The zero-order valence-electron chi connectivity index (χ0n) is 11.7. The maximum atomic E-state index is 9.14. The quantitative estimate of drug-likeness (QED) is 0.864. The van der Waals surface area contributed by atoms with Crippen LogP contribution in [0.25, 0.3) is 0 Å². The van der Waals surface area contributed by atoms with Crippen LogP contribution in [0.4, 0.5) is 5.69 Å². The summed E-state index contributed by atoms with van der Waals surface area (Å²) in [6.45, 7) is 3.83. The number of hydrogen-bond acceptors (Lipinski definition) is 4. The van der Waals surface area contributed by atoms with Crippen molar-refractivity contribution in [2.45, 2.75) is 13.8 Å². The molecule has 2 aromatic rings. The van der Waals surface area contributed by atoms with Crippen LogP contribution in [0.5, 0.6) is 17.2 Å². The van der Waals surface area contributed by atoms with E-state index in [1.165, 1.54) is 0 Å². The molecule has 0 unspecified atom stereocenters. The topological polar surface area (TPSA) is 68.3 Å². The lowest BCUT2D eigenvalue weighted by Crippen LogP contribution is -1.96. The highest BCUT2D eigenvalue weighted by Gasteiger charge is 2.10. The fourth-order valence-corrected chi connectivity index (χ4v) is 1.85. The molecule has 0 saturated heterocycles. The summed E-state index contributed by atoms with van der Waals surface area (Å²) in [6, 6.07) is 10.9. The number of anilines is 1. The number of nitrogens with zero attached hydrogens (tertiary/aromatic N) is 1. The maximum absolute atomic E-state index is 9.14. The van der Waals surface area contributed by atoms with Crippen LogP contribution >= 0.6 is 0 Å². The Bertz CT molecular complexity index is 688. The second kappa shape index (κ2) is 5.54. The Morgan fingerprint density at radius 1 is 1.05 bits per heavy atom. The summed E-state index contributed by atoms with van der Waals surface area (Å²) in [7, 11) is 1.57. The van der Waals surface area contributed by atoms with Crippen molar-refractivity contribution >= 4 is 5.69 Å². The van der Waals surface area contributed by atoms with Crippen molar-refractivity contribution in [2.24, 2.45) is 0 Å². The lowest BCUT2D eigenvalue weighted by molar-refractivity contribution is 0.408. The number of nitrogen functional groups attached to an aromatic ring is 1. The lowest BCUT2D eigenvalue weighted by atomic mass is 10.1. The molecule has 0 radical (unpaired) electrons. The number of nitrogens with two attached hydrogens (primary N) is 1. The normalized spacial score (nSPS) is 9.90. The molecule has 0 aliphatic carbocycles. The summed E-state index contributed by atoms with van der Waals surface area (Å²) in [5.74, 6) is 1.80. The number of ether oxygens (including phenoxy) is 2. The number of rotatable bonds is 3. The maximum Gasteiger partial charge on any atom is 0.148 e. The van der Waals surface area contributed by atoms with Gasteiger partial charge in [0.15, 0.2) is 0 Å². The van der Waals surface area contributed by atoms with E-state index in [9.17, 15) is 0 Å². The van der Waals surface area contributed by atoms with Crippen molar-refractivity contribution in [2.75, 3.05) is 12.8 Å². The van der Waals surface area contributed by atoms with E-state index in [1.807, 2.05) is 26.0 Å². The first-order chi connectivity index (χ1) is 9.55. The fourth-order valence-electron chi connectivity index (χ4n) is 1.85. The minimum Gasteiger partial charge on any atom is -0.497 e. The van der Waals surface area contributed by atoms with Crippen molar-refractivity contribution < 1.29 is 9.47 Å². The van der Waals surface area contributed by atoms with Gasteiger partial charge in [0, 0.05) is 11.8 Å². The first-order valence-corrected chi connectivity index (χ1v) is 6.18. The summed E-state index contributed by atoms with van der Waals surface area (Å²) in [4.78, 5) is 0. The highest BCUT2D eigenvalue weighted by atomic mass is 16.5. The van der Waals surface area contributed by atoms with Crippen LogP contribution in [0.1, 0.15) is 16.7 Å². The van der Waals surface area contributed by atoms with Gasteiger partial charge in [-0.2, -0.15) is 5.26 Å². The zero-order chi connectivity index (χ0) is 14.7. The highest BCUT2D eigenvalue weighted by molar-refractivity contribution is 5.56. The molecule has 0 fully saturated rings. The van der Waals surface area contributed by atoms with Gasteiger partial charge in [-0.3, -0.25) is 0 Å². The summed E-state index contributed by atoms with van der Waals surface area (Å²) < 4.78 is 11.0. The van der Waals surface area contributed by atoms with Gasteiger partial charge in [0.2, 0.25) is 0 Å². The summed E-state index contributed by atoms with van der Waals surface area (Å²) in [5, 5.41) is 9.14. The minimum atomic E-state index is 0.458. The standard InChI is InChI=1S/C16H16N2O2/c1-10-7-15(11(2)6-14(10)18)20-16-8-13(19-3)5-4-12(16)9-17/h4-8H,18H2,1-3H3. The second-order valence-electron chi connectivity index (χ2n) is 4.55. The van der Waals surface area contributed by atoms with E-state index in [2.05, 4.69) is 6.07 Å². The van der Waals surface area contributed by atoms with Gasteiger partial charge in [0.1, 0.15) is 23.3 Å². The Labute approximate surface area is 118 Å². The predicted molar refractivity (Wildman–Crippen MR) is 78.1 cm³/mol. The Balaban J connectivity index is 2.44. The molecule has 0 spiro atoms. The van der Waals surface area contributed by atoms with E-state index in [-0.39, 0.29) is 0 Å². The fraction of sp³-hybridized carbons (Fsp3) is 0.188.